The Morgan fingerprint density at radius 1 is 1.04 bits per heavy atom. The minimum absolute atomic E-state index is 0.0314. The molecule has 2 aromatic carbocycles. The van der Waals surface area contributed by atoms with E-state index in [4.69, 9.17) is 9.47 Å². The Balaban J connectivity index is 1.52. The lowest BCUT2D eigenvalue weighted by molar-refractivity contribution is -0.164. The molecular weight excluding hydrogens is 354 g/mol. The van der Waals surface area contributed by atoms with Crippen molar-refractivity contribution in [2.75, 3.05) is 6.61 Å². The van der Waals surface area contributed by atoms with Crippen molar-refractivity contribution in [1.82, 2.24) is 4.90 Å². The zero-order chi connectivity index (χ0) is 18.8. The Bertz CT molecular complexity index is 1000. The van der Waals surface area contributed by atoms with E-state index >= 15 is 0 Å². The zero-order valence-electron chi connectivity index (χ0n) is 15.1. The van der Waals surface area contributed by atoms with Crippen molar-refractivity contribution >= 4 is 17.6 Å². The maximum absolute atomic E-state index is 13.6. The third kappa shape index (κ3) is 2.09. The summed E-state index contributed by atoms with van der Waals surface area (Å²) in [5.41, 5.74) is 2.86. The molecule has 2 aromatic rings. The van der Waals surface area contributed by atoms with Crippen molar-refractivity contribution in [3.05, 3.63) is 77.5 Å². The molecule has 0 aliphatic carbocycles. The SMILES string of the molecule is O=C1C2OCC(O2)C2C1C1c3ccccc3C=CN1C2C(=O)c1ccccc1. The molecule has 3 fully saturated rings. The molecule has 0 saturated carbocycles. The summed E-state index contributed by atoms with van der Waals surface area (Å²) in [7, 11) is 0. The number of carbonyl (C=O) groups is 2. The molecule has 2 bridgehead atoms. The van der Waals surface area contributed by atoms with Gasteiger partial charge < -0.3 is 14.4 Å². The molecule has 28 heavy (non-hydrogen) atoms. The molecule has 0 spiro atoms. The van der Waals surface area contributed by atoms with Crippen molar-refractivity contribution in [2.24, 2.45) is 11.8 Å². The molecule has 6 atom stereocenters. The number of hydrogen-bond donors (Lipinski definition) is 0. The van der Waals surface area contributed by atoms with Gasteiger partial charge in [-0.05, 0) is 17.2 Å². The van der Waals surface area contributed by atoms with Crippen LogP contribution in [-0.4, -0.2) is 41.5 Å². The Hall–Kier alpha value is -2.76. The first-order valence-electron chi connectivity index (χ1n) is 9.68. The predicted octanol–water partition coefficient (Wildman–Crippen LogP) is 2.84. The van der Waals surface area contributed by atoms with Crippen LogP contribution in [0.2, 0.25) is 0 Å². The van der Waals surface area contributed by atoms with Crippen LogP contribution in [0, 0.1) is 11.8 Å². The quantitative estimate of drug-likeness (QED) is 0.758. The minimum Gasteiger partial charge on any atom is -0.359 e. The lowest BCUT2D eigenvalue weighted by Crippen LogP contribution is -2.48. The normalized spacial score (nSPS) is 34.7. The monoisotopic (exact) mass is 373 g/mol. The second-order valence-electron chi connectivity index (χ2n) is 7.86. The standard InChI is InChI=1S/C23H19NO4/c25-21(14-7-2-1-3-8-14)20-17-16-12-27-23(28-16)22(26)18(17)19-15-9-5-4-6-13(15)10-11-24(19)20/h1-11,16-20,23H,12H2. The van der Waals surface area contributed by atoms with E-state index in [-0.39, 0.29) is 35.5 Å². The van der Waals surface area contributed by atoms with E-state index < -0.39 is 12.3 Å². The topological polar surface area (TPSA) is 55.8 Å². The Labute approximate surface area is 162 Å². The van der Waals surface area contributed by atoms with Gasteiger partial charge in [-0.2, -0.15) is 0 Å². The molecule has 4 aliphatic rings. The first kappa shape index (κ1) is 16.2. The minimum atomic E-state index is -0.795. The second kappa shape index (κ2) is 5.87. The molecule has 5 nitrogen and oxygen atoms in total. The molecule has 3 saturated heterocycles. The lowest BCUT2D eigenvalue weighted by atomic mass is 9.75. The van der Waals surface area contributed by atoms with Gasteiger partial charge in [0.25, 0.3) is 0 Å². The third-order valence-corrected chi connectivity index (χ3v) is 6.53. The van der Waals surface area contributed by atoms with Crippen molar-refractivity contribution in [2.45, 2.75) is 24.5 Å². The number of hydrogen-bond acceptors (Lipinski definition) is 5. The highest BCUT2D eigenvalue weighted by Gasteiger charge is 2.63. The van der Waals surface area contributed by atoms with E-state index in [2.05, 4.69) is 17.0 Å². The maximum atomic E-state index is 13.6. The molecule has 0 radical (unpaired) electrons. The van der Waals surface area contributed by atoms with E-state index in [1.54, 1.807) is 0 Å². The average molecular weight is 373 g/mol. The number of nitrogens with zero attached hydrogens (tertiary/aromatic N) is 1. The summed E-state index contributed by atoms with van der Waals surface area (Å²) in [6.45, 7) is 0.363. The Morgan fingerprint density at radius 2 is 1.82 bits per heavy atom. The van der Waals surface area contributed by atoms with Crippen LogP contribution in [0.15, 0.2) is 60.8 Å². The number of fused-ring (bicyclic) bond motifs is 8. The summed E-state index contributed by atoms with van der Waals surface area (Å²) in [5, 5.41) is 0. The highest BCUT2D eigenvalue weighted by atomic mass is 16.7. The molecule has 0 amide bonds. The number of Topliss-reactive ketones (excluding diaryl/α,β-unsaturated/α-hetero) is 2. The molecule has 6 unspecified atom stereocenters. The summed E-state index contributed by atoms with van der Waals surface area (Å²) >= 11 is 0. The molecule has 6 rings (SSSR count). The predicted molar refractivity (Wildman–Crippen MR) is 101 cm³/mol. The third-order valence-electron chi connectivity index (χ3n) is 6.53. The highest BCUT2D eigenvalue weighted by Crippen LogP contribution is 2.54. The van der Waals surface area contributed by atoms with Crippen LogP contribution < -0.4 is 0 Å². The van der Waals surface area contributed by atoms with E-state index in [1.807, 2.05) is 54.7 Å². The van der Waals surface area contributed by atoms with Gasteiger partial charge in [0.15, 0.2) is 11.6 Å². The number of rotatable bonds is 2. The zero-order valence-corrected chi connectivity index (χ0v) is 15.1. The van der Waals surface area contributed by atoms with Crippen LogP contribution in [0.25, 0.3) is 6.08 Å². The van der Waals surface area contributed by atoms with Crippen LogP contribution in [0.1, 0.15) is 27.5 Å². The maximum Gasteiger partial charge on any atom is 0.218 e. The van der Waals surface area contributed by atoms with Crippen LogP contribution in [0.5, 0.6) is 0 Å². The highest BCUT2D eigenvalue weighted by molar-refractivity contribution is 6.02. The van der Waals surface area contributed by atoms with E-state index in [0.717, 1.165) is 11.1 Å². The average Bonchev–Trinajstić information content (AvgIpc) is 3.33. The fraction of sp³-hybridized carbons (Fsp3) is 0.304. The van der Waals surface area contributed by atoms with Crippen LogP contribution in [-0.2, 0) is 14.3 Å². The van der Waals surface area contributed by atoms with Gasteiger partial charge in [-0.3, -0.25) is 9.59 Å². The van der Waals surface area contributed by atoms with Crippen molar-refractivity contribution in [3.63, 3.8) is 0 Å². The van der Waals surface area contributed by atoms with Crippen LogP contribution in [0.4, 0.5) is 0 Å². The largest absolute Gasteiger partial charge is 0.359 e. The van der Waals surface area contributed by atoms with Gasteiger partial charge >= 0.3 is 0 Å². The van der Waals surface area contributed by atoms with E-state index in [1.165, 1.54) is 0 Å². The Morgan fingerprint density at radius 3 is 2.68 bits per heavy atom. The number of ether oxygens (including phenoxy) is 2. The number of benzene rings is 2. The molecular formula is C23H19NO4. The van der Waals surface area contributed by atoms with Gasteiger partial charge in [0.2, 0.25) is 6.29 Å². The van der Waals surface area contributed by atoms with Gasteiger partial charge in [0.1, 0.15) is 0 Å². The van der Waals surface area contributed by atoms with Gasteiger partial charge in [0.05, 0.1) is 30.7 Å². The number of ketones is 2. The lowest BCUT2D eigenvalue weighted by Gasteiger charge is -2.34. The van der Waals surface area contributed by atoms with E-state index in [0.29, 0.717) is 12.2 Å². The first-order valence-corrected chi connectivity index (χ1v) is 9.68. The molecule has 4 aliphatic heterocycles. The molecule has 0 N–H and O–H groups in total. The molecule has 140 valence electrons. The molecule has 4 heterocycles. The fourth-order valence-corrected chi connectivity index (χ4v) is 5.39. The van der Waals surface area contributed by atoms with Gasteiger partial charge in [-0.25, -0.2) is 0 Å². The van der Waals surface area contributed by atoms with Crippen molar-refractivity contribution in [3.8, 4) is 0 Å². The summed E-state index contributed by atoms with van der Waals surface area (Å²) in [6.07, 6.45) is 2.99. The fourth-order valence-electron chi connectivity index (χ4n) is 5.39. The Kier molecular flexibility index (Phi) is 3.40. The van der Waals surface area contributed by atoms with E-state index in [9.17, 15) is 9.59 Å². The summed E-state index contributed by atoms with van der Waals surface area (Å²) in [5.74, 6) is -0.541. The number of carbonyl (C=O) groups excluding carboxylic acids is 2. The van der Waals surface area contributed by atoms with Gasteiger partial charge in [0, 0.05) is 17.7 Å². The summed E-state index contributed by atoms with van der Waals surface area (Å²) < 4.78 is 11.5. The first-order chi connectivity index (χ1) is 13.7. The summed E-state index contributed by atoms with van der Waals surface area (Å²) in [4.78, 5) is 28.9. The van der Waals surface area contributed by atoms with Gasteiger partial charge in [-0.1, -0.05) is 54.6 Å². The second-order valence-corrected chi connectivity index (χ2v) is 7.86. The van der Waals surface area contributed by atoms with Crippen molar-refractivity contribution < 1.29 is 19.1 Å². The molecule has 5 heteroatoms. The van der Waals surface area contributed by atoms with Crippen molar-refractivity contribution in [1.29, 1.82) is 0 Å². The smallest absolute Gasteiger partial charge is 0.218 e. The van der Waals surface area contributed by atoms with Gasteiger partial charge in [-0.15, -0.1) is 0 Å². The van der Waals surface area contributed by atoms with Crippen LogP contribution >= 0.6 is 0 Å². The van der Waals surface area contributed by atoms with Crippen LogP contribution in [0.3, 0.4) is 0 Å². The molecule has 0 aromatic heterocycles. The summed E-state index contributed by atoms with van der Waals surface area (Å²) in [6, 6.07) is 16.8.